The van der Waals surface area contributed by atoms with Crippen LogP contribution in [-0.4, -0.2) is 30.7 Å². The average Bonchev–Trinajstić information content (AvgIpc) is 3.17. The number of benzene rings is 2. The van der Waals surface area contributed by atoms with E-state index < -0.39 is 12.1 Å². The SMILES string of the molecule is O=C(NC(Cc1ccccc1)C(=O)NC[C@H]1C=C(Br)NO1)OCc1ccccc1. The lowest BCUT2D eigenvalue weighted by Crippen LogP contribution is -2.49. The summed E-state index contributed by atoms with van der Waals surface area (Å²) in [6.07, 6.45) is 1.20. The second-order valence-corrected chi connectivity index (χ2v) is 7.32. The van der Waals surface area contributed by atoms with Crippen molar-refractivity contribution in [3.8, 4) is 0 Å². The van der Waals surface area contributed by atoms with Gasteiger partial charge in [-0.2, -0.15) is 0 Å². The zero-order valence-corrected chi connectivity index (χ0v) is 17.2. The highest BCUT2D eigenvalue weighted by Crippen LogP contribution is 2.11. The van der Waals surface area contributed by atoms with Crippen LogP contribution < -0.4 is 16.1 Å². The molecule has 7 nitrogen and oxygen atoms in total. The molecule has 0 aromatic heterocycles. The van der Waals surface area contributed by atoms with E-state index >= 15 is 0 Å². The maximum absolute atomic E-state index is 12.7. The highest BCUT2D eigenvalue weighted by atomic mass is 79.9. The first-order chi connectivity index (χ1) is 14.1. The topological polar surface area (TPSA) is 88.7 Å². The van der Waals surface area contributed by atoms with Crippen molar-refractivity contribution in [1.82, 2.24) is 16.1 Å². The summed E-state index contributed by atoms with van der Waals surface area (Å²) in [5, 5.41) is 5.47. The van der Waals surface area contributed by atoms with Crippen LogP contribution in [0.15, 0.2) is 71.3 Å². The molecule has 3 N–H and O–H groups in total. The number of halogens is 1. The maximum Gasteiger partial charge on any atom is 0.408 e. The van der Waals surface area contributed by atoms with E-state index in [0.29, 0.717) is 11.0 Å². The minimum atomic E-state index is -0.776. The van der Waals surface area contributed by atoms with E-state index in [-0.39, 0.29) is 25.2 Å². The molecular weight excluding hydrogens is 438 g/mol. The third-order valence-electron chi connectivity index (χ3n) is 4.22. The maximum atomic E-state index is 12.7. The Balaban J connectivity index is 1.57. The molecule has 3 rings (SSSR count). The Kier molecular flexibility index (Phi) is 7.66. The molecule has 0 fully saturated rings. The number of carbonyl (C=O) groups excluding carboxylic acids is 2. The number of alkyl carbamates (subject to hydrolysis) is 1. The van der Waals surface area contributed by atoms with Gasteiger partial charge in [0.05, 0.1) is 6.54 Å². The van der Waals surface area contributed by atoms with E-state index in [1.165, 1.54) is 0 Å². The van der Waals surface area contributed by atoms with Gasteiger partial charge in [-0.3, -0.25) is 15.1 Å². The number of nitrogens with one attached hydrogen (secondary N) is 3. The van der Waals surface area contributed by atoms with Crippen molar-refractivity contribution < 1.29 is 19.2 Å². The lowest BCUT2D eigenvalue weighted by molar-refractivity contribution is -0.123. The lowest BCUT2D eigenvalue weighted by atomic mass is 10.1. The Bertz CT molecular complexity index is 846. The molecule has 1 unspecified atom stereocenters. The second kappa shape index (κ2) is 10.6. The quantitative estimate of drug-likeness (QED) is 0.528. The number of ether oxygens (including phenoxy) is 1. The Morgan fingerprint density at radius 3 is 2.34 bits per heavy atom. The molecule has 1 heterocycles. The van der Waals surface area contributed by atoms with Crippen molar-refractivity contribution in [3.05, 3.63) is 82.5 Å². The highest BCUT2D eigenvalue weighted by Gasteiger charge is 2.24. The van der Waals surface area contributed by atoms with Gasteiger partial charge in [-0.15, -0.1) is 0 Å². The van der Waals surface area contributed by atoms with Crippen LogP contribution >= 0.6 is 15.9 Å². The van der Waals surface area contributed by atoms with Gasteiger partial charge in [0.1, 0.15) is 23.4 Å². The third kappa shape index (κ3) is 6.92. The standard InChI is InChI=1S/C21H22BrN3O4/c22-19-12-17(29-25-19)13-23-20(26)18(11-15-7-3-1-4-8-15)24-21(27)28-14-16-9-5-2-6-10-16/h1-10,12,17-18,25H,11,13-14H2,(H,23,26)(H,24,27)/t17-,18?/m1/s1. The van der Waals surface area contributed by atoms with E-state index in [1.54, 1.807) is 6.08 Å². The fourth-order valence-electron chi connectivity index (χ4n) is 2.75. The molecule has 1 aliphatic heterocycles. The van der Waals surface area contributed by atoms with E-state index in [1.807, 2.05) is 60.7 Å². The van der Waals surface area contributed by atoms with E-state index in [2.05, 4.69) is 32.0 Å². The molecule has 0 spiro atoms. The first-order valence-electron chi connectivity index (χ1n) is 9.18. The highest BCUT2D eigenvalue weighted by molar-refractivity contribution is 9.11. The van der Waals surface area contributed by atoms with Crippen LogP contribution in [-0.2, 0) is 27.4 Å². The van der Waals surface area contributed by atoms with Crippen LogP contribution in [0.1, 0.15) is 11.1 Å². The zero-order chi connectivity index (χ0) is 20.5. The first-order valence-corrected chi connectivity index (χ1v) is 9.97. The Hall–Kier alpha value is -2.84. The lowest BCUT2D eigenvalue weighted by Gasteiger charge is -2.19. The smallest absolute Gasteiger partial charge is 0.408 e. The zero-order valence-electron chi connectivity index (χ0n) is 15.6. The van der Waals surface area contributed by atoms with Gasteiger partial charge >= 0.3 is 6.09 Å². The molecule has 0 bridgehead atoms. The monoisotopic (exact) mass is 459 g/mol. The number of hydrogen-bond donors (Lipinski definition) is 3. The number of rotatable bonds is 8. The summed E-state index contributed by atoms with van der Waals surface area (Å²) in [6.45, 7) is 0.403. The van der Waals surface area contributed by atoms with Gasteiger partial charge in [0.2, 0.25) is 5.91 Å². The van der Waals surface area contributed by atoms with E-state index in [9.17, 15) is 9.59 Å². The molecule has 0 saturated heterocycles. The van der Waals surface area contributed by atoms with Crippen molar-refractivity contribution in [1.29, 1.82) is 0 Å². The van der Waals surface area contributed by atoms with Crippen LogP contribution in [0.3, 0.4) is 0 Å². The van der Waals surface area contributed by atoms with Crippen molar-refractivity contribution in [2.45, 2.75) is 25.2 Å². The number of carbonyl (C=O) groups is 2. The van der Waals surface area contributed by atoms with Crippen LogP contribution in [0.4, 0.5) is 4.79 Å². The molecule has 1 aliphatic rings. The largest absolute Gasteiger partial charge is 0.445 e. The molecule has 8 heteroatoms. The van der Waals surface area contributed by atoms with Gasteiger partial charge in [-0.25, -0.2) is 4.79 Å². The average molecular weight is 460 g/mol. The molecule has 2 aromatic carbocycles. The summed E-state index contributed by atoms with van der Waals surface area (Å²) in [4.78, 5) is 30.2. The number of amides is 2. The normalized spacial score (nSPS) is 16.3. The number of hydrogen-bond acceptors (Lipinski definition) is 5. The van der Waals surface area contributed by atoms with Crippen molar-refractivity contribution >= 4 is 27.9 Å². The molecular formula is C21H22BrN3O4. The minimum Gasteiger partial charge on any atom is -0.445 e. The van der Waals surface area contributed by atoms with Gasteiger partial charge in [0, 0.05) is 6.42 Å². The molecule has 0 radical (unpaired) electrons. The Labute approximate surface area is 177 Å². The number of hydroxylamine groups is 1. The predicted molar refractivity (Wildman–Crippen MR) is 112 cm³/mol. The molecule has 2 aromatic rings. The van der Waals surface area contributed by atoms with Crippen LogP contribution in [0.25, 0.3) is 0 Å². The van der Waals surface area contributed by atoms with Crippen LogP contribution in [0, 0.1) is 0 Å². The van der Waals surface area contributed by atoms with Crippen molar-refractivity contribution in [2.24, 2.45) is 0 Å². The molecule has 29 heavy (non-hydrogen) atoms. The molecule has 152 valence electrons. The van der Waals surface area contributed by atoms with Crippen molar-refractivity contribution in [3.63, 3.8) is 0 Å². The summed E-state index contributed by atoms with van der Waals surface area (Å²) < 4.78 is 5.97. The second-order valence-electron chi connectivity index (χ2n) is 6.47. The van der Waals surface area contributed by atoms with Gasteiger partial charge in [0.25, 0.3) is 0 Å². The fourth-order valence-corrected chi connectivity index (χ4v) is 3.14. The van der Waals surface area contributed by atoms with Gasteiger partial charge in [-0.1, -0.05) is 60.7 Å². The minimum absolute atomic E-state index is 0.132. The molecule has 0 saturated carbocycles. The van der Waals surface area contributed by atoms with E-state index in [0.717, 1.165) is 11.1 Å². The molecule has 0 aliphatic carbocycles. The van der Waals surface area contributed by atoms with Gasteiger partial charge < -0.3 is 15.4 Å². The summed E-state index contributed by atoms with van der Waals surface area (Å²) >= 11 is 3.27. The predicted octanol–water partition coefficient (Wildman–Crippen LogP) is 2.78. The fraction of sp³-hybridized carbons (Fsp3) is 0.238. The summed E-state index contributed by atoms with van der Waals surface area (Å²) in [7, 11) is 0. The Morgan fingerprint density at radius 2 is 1.72 bits per heavy atom. The molecule has 2 amide bonds. The van der Waals surface area contributed by atoms with Crippen LogP contribution in [0.5, 0.6) is 0 Å². The summed E-state index contributed by atoms with van der Waals surface area (Å²) in [5.74, 6) is -0.314. The van der Waals surface area contributed by atoms with Crippen molar-refractivity contribution in [2.75, 3.05) is 6.54 Å². The van der Waals surface area contributed by atoms with Gasteiger partial charge in [0.15, 0.2) is 0 Å². The third-order valence-corrected chi connectivity index (χ3v) is 4.65. The van der Waals surface area contributed by atoms with Gasteiger partial charge in [-0.05, 0) is 33.1 Å². The molecule has 2 atom stereocenters. The summed E-state index contributed by atoms with van der Waals surface area (Å²) in [6, 6.07) is 18.1. The van der Waals surface area contributed by atoms with Crippen LogP contribution in [0.2, 0.25) is 0 Å². The van der Waals surface area contributed by atoms with E-state index in [4.69, 9.17) is 9.57 Å². The Morgan fingerprint density at radius 1 is 1.07 bits per heavy atom. The first kappa shape index (κ1) is 20.9. The summed E-state index contributed by atoms with van der Waals surface area (Å²) in [5.41, 5.74) is 4.46.